The second-order valence-corrected chi connectivity index (χ2v) is 11.7. The third-order valence-corrected chi connectivity index (χ3v) is 8.62. The van der Waals surface area contributed by atoms with Gasteiger partial charge in [-0.1, -0.05) is 88.4 Å². The molecule has 0 saturated carbocycles. The van der Waals surface area contributed by atoms with Crippen molar-refractivity contribution in [3.05, 3.63) is 94.5 Å². The minimum absolute atomic E-state index is 0.146. The van der Waals surface area contributed by atoms with Crippen LogP contribution < -0.4 is 0 Å². The van der Waals surface area contributed by atoms with E-state index in [2.05, 4.69) is 85.3 Å². The second-order valence-electron chi connectivity index (χ2n) is 9.80. The molecule has 3 aromatic carbocycles. The van der Waals surface area contributed by atoms with Gasteiger partial charge in [0.2, 0.25) is 11.1 Å². The van der Waals surface area contributed by atoms with Crippen molar-refractivity contribution in [3.63, 3.8) is 0 Å². The summed E-state index contributed by atoms with van der Waals surface area (Å²) < 4.78 is 3.24. The van der Waals surface area contributed by atoms with Crippen LogP contribution in [0.15, 0.2) is 88.5 Å². The number of aromatic nitrogens is 4. The molecule has 1 amide bonds. The molecule has 8 heteroatoms. The number of fused-ring (bicyclic) bond motifs is 3. The Morgan fingerprint density at radius 1 is 0.895 bits per heavy atom. The Bertz CT molecular complexity index is 1560. The highest BCUT2D eigenvalue weighted by atomic mass is 79.9. The molecule has 5 aromatic rings. The second kappa shape index (κ2) is 11.3. The lowest BCUT2D eigenvalue weighted by Gasteiger charge is -2.32. The third kappa shape index (κ3) is 5.47. The maximum Gasteiger partial charge on any atom is 0.233 e. The van der Waals surface area contributed by atoms with Crippen molar-refractivity contribution in [1.82, 2.24) is 24.6 Å². The summed E-state index contributed by atoms with van der Waals surface area (Å²) in [6, 6.07) is 27.1. The van der Waals surface area contributed by atoms with Crippen LogP contribution >= 0.6 is 27.7 Å². The van der Waals surface area contributed by atoms with Crippen LogP contribution in [0.25, 0.3) is 22.1 Å². The van der Waals surface area contributed by atoms with Crippen molar-refractivity contribution in [2.45, 2.75) is 31.0 Å². The van der Waals surface area contributed by atoms with Gasteiger partial charge in [-0.05, 0) is 54.5 Å². The van der Waals surface area contributed by atoms with Crippen LogP contribution in [0.2, 0.25) is 0 Å². The molecule has 1 fully saturated rings. The number of amides is 1. The highest BCUT2D eigenvalue weighted by Gasteiger charge is 2.23. The molecular weight excluding hydrogens is 558 g/mol. The van der Waals surface area contributed by atoms with Crippen LogP contribution in [0.4, 0.5) is 0 Å². The van der Waals surface area contributed by atoms with Gasteiger partial charge in [-0.3, -0.25) is 4.79 Å². The van der Waals surface area contributed by atoms with Gasteiger partial charge in [-0.25, -0.2) is 4.98 Å². The van der Waals surface area contributed by atoms with E-state index in [4.69, 9.17) is 4.98 Å². The average molecular weight is 587 g/mol. The number of para-hydroxylation sites is 1. The number of thioether (sulfide) groups is 1. The third-order valence-electron chi connectivity index (χ3n) is 7.27. The predicted molar refractivity (Wildman–Crippen MR) is 156 cm³/mol. The van der Waals surface area contributed by atoms with Gasteiger partial charge in [0.15, 0.2) is 5.65 Å². The van der Waals surface area contributed by atoms with E-state index in [1.54, 1.807) is 0 Å². The molecule has 1 aliphatic heterocycles. The Balaban J connectivity index is 1.14. The van der Waals surface area contributed by atoms with E-state index in [0.29, 0.717) is 23.4 Å². The molecule has 0 atom stereocenters. The molecule has 2 aromatic heterocycles. The van der Waals surface area contributed by atoms with Gasteiger partial charge in [0.1, 0.15) is 5.52 Å². The van der Waals surface area contributed by atoms with E-state index >= 15 is 0 Å². The molecular formula is C30H28BrN5OS. The fourth-order valence-electron chi connectivity index (χ4n) is 5.23. The highest BCUT2D eigenvalue weighted by Crippen LogP contribution is 2.29. The molecule has 6 nitrogen and oxygen atoms in total. The number of hydrogen-bond donors (Lipinski definition) is 0. The highest BCUT2D eigenvalue weighted by molar-refractivity contribution is 9.10. The molecule has 0 bridgehead atoms. The molecule has 0 aliphatic carbocycles. The predicted octanol–water partition coefficient (Wildman–Crippen LogP) is 6.36. The van der Waals surface area contributed by atoms with Gasteiger partial charge in [-0.2, -0.15) is 0 Å². The molecule has 192 valence electrons. The van der Waals surface area contributed by atoms with E-state index in [1.165, 1.54) is 22.9 Å². The number of likely N-dealkylation sites (tertiary alicyclic amines) is 1. The molecule has 0 radical (unpaired) electrons. The summed E-state index contributed by atoms with van der Waals surface area (Å²) in [6.07, 6.45) is 3.18. The van der Waals surface area contributed by atoms with E-state index in [1.807, 2.05) is 29.2 Å². The summed E-state index contributed by atoms with van der Waals surface area (Å²) in [6.45, 7) is 2.31. The van der Waals surface area contributed by atoms with Gasteiger partial charge in [0.25, 0.3) is 0 Å². The van der Waals surface area contributed by atoms with Crippen molar-refractivity contribution < 1.29 is 4.79 Å². The van der Waals surface area contributed by atoms with Crippen LogP contribution in [0.1, 0.15) is 24.0 Å². The number of nitrogens with zero attached hydrogens (tertiary/aromatic N) is 5. The maximum absolute atomic E-state index is 13.0. The Morgan fingerprint density at radius 3 is 2.42 bits per heavy atom. The lowest BCUT2D eigenvalue weighted by atomic mass is 9.90. The van der Waals surface area contributed by atoms with Crippen molar-refractivity contribution in [2.75, 3.05) is 18.8 Å². The largest absolute Gasteiger partial charge is 0.342 e. The first-order valence-electron chi connectivity index (χ1n) is 12.9. The molecule has 0 spiro atoms. The fraction of sp³-hybridized carbons (Fsp3) is 0.267. The zero-order valence-electron chi connectivity index (χ0n) is 21.0. The zero-order chi connectivity index (χ0) is 25.9. The molecule has 0 N–H and O–H groups in total. The van der Waals surface area contributed by atoms with E-state index in [9.17, 15) is 4.79 Å². The van der Waals surface area contributed by atoms with Gasteiger partial charge < -0.3 is 9.47 Å². The number of carbonyl (C=O) groups excluding carboxylic acids is 1. The van der Waals surface area contributed by atoms with Gasteiger partial charge in [0.05, 0.1) is 11.3 Å². The van der Waals surface area contributed by atoms with Crippen LogP contribution in [0.3, 0.4) is 0 Å². The normalized spacial score (nSPS) is 14.4. The van der Waals surface area contributed by atoms with Gasteiger partial charge in [0, 0.05) is 29.5 Å². The first-order valence-corrected chi connectivity index (χ1v) is 14.7. The van der Waals surface area contributed by atoms with Crippen molar-refractivity contribution >= 4 is 55.7 Å². The number of hydrogen-bond acceptors (Lipinski definition) is 5. The monoisotopic (exact) mass is 585 g/mol. The van der Waals surface area contributed by atoms with Crippen LogP contribution in [-0.2, 0) is 17.8 Å². The number of halogens is 1. The molecule has 0 unspecified atom stereocenters. The van der Waals surface area contributed by atoms with Crippen molar-refractivity contribution in [3.8, 4) is 0 Å². The number of piperidine rings is 1. The molecule has 3 heterocycles. The van der Waals surface area contributed by atoms with Crippen molar-refractivity contribution in [1.29, 1.82) is 0 Å². The minimum Gasteiger partial charge on any atom is -0.342 e. The summed E-state index contributed by atoms with van der Waals surface area (Å²) in [5.41, 5.74) is 5.21. The number of benzene rings is 3. The Hall–Kier alpha value is -3.23. The standard InChI is InChI=1S/C30H28BrN5OS/c31-24-12-10-23(11-13-24)19-36-26-9-5-4-8-25(26)28-29(36)32-30(34-33-28)38-20-27(37)35-16-14-22(15-17-35)18-21-6-2-1-3-7-21/h1-13,22H,14-20H2. The summed E-state index contributed by atoms with van der Waals surface area (Å²) in [7, 11) is 0. The fourth-order valence-corrected chi connectivity index (χ4v) is 6.18. The first kappa shape index (κ1) is 25.1. The lowest BCUT2D eigenvalue weighted by Crippen LogP contribution is -2.39. The Kier molecular flexibility index (Phi) is 7.42. The topological polar surface area (TPSA) is 63.9 Å². The summed E-state index contributed by atoms with van der Waals surface area (Å²) >= 11 is 4.89. The lowest BCUT2D eigenvalue weighted by molar-refractivity contribution is -0.129. The summed E-state index contributed by atoms with van der Waals surface area (Å²) in [5, 5.41) is 10.5. The quantitative estimate of drug-likeness (QED) is 0.208. The SMILES string of the molecule is O=C(CSc1nnc2c3ccccc3n(Cc3ccc(Br)cc3)c2n1)N1CCC(Cc2ccccc2)CC1. The van der Waals surface area contributed by atoms with Crippen molar-refractivity contribution in [2.24, 2.45) is 5.92 Å². The zero-order valence-corrected chi connectivity index (χ0v) is 23.4. The molecule has 6 rings (SSSR count). The molecule has 1 saturated heterocycles. The maximum atomic E-state index is 13.0. The molecule has 38 heavy (non-hydrogen) atoms. The smallest absolute Gasteiger partial charge is 0.233 e. The van der Waals surface area contributed by atoms with Crippen LogP contribution in [-0.4, -0.2) is 49.4 Å². The summed E-state index contributed by atoms with van der Waals surface area (Å²) in [5.74, 6) is 1.10. The van der Waals surface area contributed by atoms with Crippen LogP contribution in [0, 0.1) is 5.92 Å². The number of rotatable bonds is 7. The Morgan fingerprint density at radius 2 is 1.63 bits per heavy atom. The first-order chi connectivity index (χ1) is 18.6. The van der Waals surface area contributed by atoms with Gasteiger partial charge in [-0.15, -0.1) is 10.2 Å². The van der Waals surface area contributed by atoms with E-state index in [0.717, 1.165) is 58.9 Å². The minimum atomic E-state index is 0.146. The Labute approximate surface area is 234 Å². The number of carbonyl (C=O) groups is 1. The average Bonchev–Trinajstić information content (AvgIpc) is 3.26. The van der Waals surface area contributed by atoms with E-state index in [-0.39, 0.29) is 5.91 Å². The van der Waals surface area contributed by atoms with E-state index < -0.39 is 0 Å². The van der Waals surface area contributed by atoms with Gasteiger partial charge >= 0.3 is 0 Å². The molecule has 1 aliphatic rings. The van der Waals surface area contributed by atoms with Crippen LogP contribution in [0.5, 0.6) is 0 Å². The summed E-state index contributed by atoms with van der Waals surface area (Å²) in [4.78, 5) is 19.9.